The molecule has 0 aromatic rings. The Kier molecular flexibility index (Phi) is 15.8. The maximum absolute atomic E-state index is 11.4. The molecule has 1 N–H and O–H groups in total. The zero-order valence-electron chi connectivity index (χ0n) is 13.3. The highest BCUT2D eigenvalue weighted by molar-refractivity contribution is 7.95. The van der Waals surface area contributed by atoms with Crippen molar-refractivity contribution < 1.29 is 24.2 Å². The Morgan fingerprint density at radius 1 is 1.00 bits per heavy atom. The van der Waals surface area contributed by atoms with Crippen LogP contribution in [-0.4, -0.2) is 23.1 Å². The van der Waals surface area contributed by atoms with Gasteiger partial charge in [0, 0.05) is 12.0 Å². The molecule has 0 aliphatic carbocycles. The Hall–Kier alpha value is -0.300. The molecule has 0 heterocycles. The molecule has 0 aliphatic rings. The van der Waals surface area contributed by atoms with E-state index in [1.165, 1.54) is 51.4 Å². The summed E-state index contributed by atoms with van der Waals surface area (Å²) in [7, 11) is 0. The molecule has 0 spiro atoms. The van der Waals surface area contributed by atoms with Crippen LogP contribution in [0.1, 0.15) is 78.1 Å². The average molecular weight is 322 g/mol. The fraction of sp³-hybridized carbons (Fsp3) is 0.933. The first-order valence-corrected chi connectivity index (χ1v) is 8.83. The summed E-state index contributed by atoms with van der Waals surface area (Å²) in [6.45, 7) is 4.31. The maximum Gasteiger partial charge on any atom is 0.321 e. The fourth-order valence-corrected chi connectivity index (χ4v) is 2.29. The van der Waals surface area contributed by atoms with Gasteiger partial charge in [0.2, 0.25) is 0 Å². The Labute approximate surface area is 132 Å². The van der Waals surface area contributed by atoms with Crippen molar-refractivity contribution in [1.82, 2.24) is 0 Å². The zero-order chi connectivity index (χ0) is 15.8. The summed E-state index contributed by atoms with van der Waals surface area (Å²) in [5.74, 6) is -0.354. The quantitative estimate of drug-likeness (QED) is 0.152. The molecule has 0 fully saturated rings. The lowest BCUT2D eigenvalue weighted by Gasteiger charge is -2.08. The molecule has 0 saturated carbocycles. The minimum atomic E-state index is -0.514. The maximum atomic E-state index is 11.4. The number of hydrogen-bond acceptors (Lipinski definition) is 6. The van der Waals surface area contributed by atoms with Crippen LogP contribution in [0, 0.1) is 0 Å². The summed E-state index contributed by atoms with van der Waals surface area (Å²) in [5.41, 5.74) is 0. The van der Waals surface area contributed by atoms with Crippen molar-refractivity contribution in [2.45, 2.75) is 83.3 Å². The summed E-state index contributed by atoms with van der Waals surface area (Å²) in [6, 6.07) is 0. The number of carbonyl (C=O) groups is 1. The molecule has 1 atom stereocenters. The average Bonchev–Trinajstić information content (AvgIpc) is 2.49. The number of ether oxygens (including phenoxy) is 1. The third-order valence-electron chi connectivity index (χ3n) is 3.29. The molecule has 0 rings (SSSR count). The SMILES string of the molecule is CCCCCCCCCCCCOC(=O)C(C)SOOO. The normalized spacial score (nSPS) is 12.3. The second kappa shape index (κ2) is 16.1. The molecule has 0 amide bonds. The van der Waals surface area contributed by atoms with Gasteiger partial charge in [0.1, 0.15) is 5.25 Å². The summed E-state index contributed by atoms with van der Waals surface area (Å²) >= 11 is 0.721. The van der Waals surface area contributed by atoms with Gasteiger partial charge in [-0.1, -0.05) is 69.7 Å². The molecule has 21 heavy (non-hydrogen) atoms. The number of hydrogen-bond donors (Lipinski definition) is 1. The highest BCUT2D eigenvalue weighted by Gasteiger charge is 2.16. The van der Waals surface area contributed by atoms with Gasteiger partial charge in [-0.05, 0) is 13.3 Å². The monoisotopic (exact) mass is 322 g/mol. The highest BCUT2D eigenvalue weighted by atomic mass is 32.2. The van der Waals surface area contributed by atoms with Crippen molar-refractivity contribution in [2.75, 3.05) is 6.61 Å². The zero-order valence-corrected chi connectivity index (χ0v) is 14.2. The van der Waals surface area contributed by atoms with Gasteiger partial charge in [0.15, 0.2) is 0 Å². The molecule has 0 saturated heterocycles. The van der Waals surface area contributed by atoms with E-state index in [0.717, 1.165) is 24.9 Å². The third kappa shape index (κ3) is 14.4. The minimum Gasteiger partial charge on any atom is -0.465 e. The van der Waals surface area contributed by atoms with E-state index in [4.69, 9.17) is 9.99 Å². The van der Waals surface area contributed by atoms with Gasteiger partial charge in [-0.15, -0.1) is 4.33 Å². The summed E-state index contributed by atoms with van der Waals surface area (Å²) in [4.78, 5) is 11.4. The summed E-state index contributed by atoms with van der Waals surface area (Å²) in [6.07, 6.45) is 12.5. The van der Waals surface area contributed by atoms with Crippen molar-refractivity contribution in [3.8, 4) is 0 Å². The van der Waals surface area contributed by atoms with Gasteiger partial charge in [-0.3, -0.25) is 4.79 Å². The Bertz CT molecular complexity index is 238. The predicted octanol–water partition coefficient (Wildman–Crippen LogP) is 4.91. The number of rotatable bonds is 15. The second-order valence-corrected chi connectivity index (χ2v) is 6.27. The number of esters is 1. The van der Waals surface area contributed by atoms with Crippen LogP contribution in [0.5, 0.6) is 0 Å². The largest absolute Gasteiger partial charge is 0.465 e. The first-order chi connectivity index (χ1) is 10.2. The second-order valence-electron chi connectivity index (χ2n) is 5.23. The van der Waals surface area contributed by atoms with Crippen LogP contribution < -0.4 is 0 Å². The van der Waals surface area contributed by atoms with Crippen molar-refractivity contribution in [3.63, 3.8) is 0 Å². The number of carbonyl (C=O) groups excluding carboxylic acids is 1. The van der Waals surface area contributed by atoms with E-state index >= 15 is 0 Å². The van der Waals surface area contributed by atoms with Crippen LogP contribution in [0.25, 0.3) is 0 Å². The molecular weight excluding hydrogens is 292 g/mol. The fourth-order valence-electron chi connectivity index (χ4n) is 2.00. The van der Waals surface area contributed by atoms with Gasteiger partial charge in [-0.2, -0.15) is 0 Å². The first kappa shape index (κ1) is 20.7. The van der Waals surface area contributed by atoms with Crippen molar-refractivity contribution in [1.29, 1.82) is 0 Å². The van der Waals surface area contributed by atoms with Crippen LogP contribution in [0.3, 0.4) is 0 Å². The third-order valence-corrected chi connectivity index (χ3v) is 3.91. The van der Waals surface area contributed by atoms with E-state index < -0.39 is 5.25 Å². The molecule has 0 aliphatic heterocycles. The molecule has 0 aromatic heterocycles. The van der Waals surface area contributed by atoms with Crippen LogP contribution >= 0.6 is 12.0 Å². The lowest BCUT2D eigenvalue weighted by molar-refractivity contribution is -0.432. The Morgan fingerprint density at radius 2 is 1.52 bits per heavy atom. The molecule has 0 radical (unpaired) electrons. The standard InChI is InChI=1S/C15H30O5S/c1-3-4-5-6-7-8-9-10-11-12-13-18-15(16)14(2)21-20-19-17/h14,17H,3-13H2,1-2H3. The van der Waals surface area contributed by atoms with Gasteiger partial charge in [0.05, 0.1) is 6.61 Å². The van der Waals surface area contributed by atoms with E-state index in [1.807, 2.05) is 0 Å². The van der Waals surface area contributed by atoms with E-state index in [2.05, 4.69) is 16.3 Å². The number of unbranched alkanes of at least 4 members (excludes halogenated alkanes) is 9. The van der Waals surface area contributed by atoms with Gasteiger partial charge < -0.3 is 4.74 Å². The Balaban J connectivity index is 3.23. The molecular formula is C15H30O5S. The van der Waals surface area contributed by atoms with Crippen LogP contribution in [0.2, 0.25) is 0 Å². The highest BCUT2D eigenvalue weighted by Crippen LogP contribution is 2.14. The molecule has 1 unspecified atom stereocenters. The van der Waals surface area contributed by atoms with E-state index in [0.29, 0.717) is 6.61 Å². The molecule has 5 nitrogen and oxygen atoms in total. The van der Waals surface area contributed by atoms with Crippen LogP contribution in [0.15, 0.2) is 0 Å². The molecule has 0 bridgehead atoms. The lowest BCUT2D eigenvalue weighted by Crippen LogP contribution is -2.17. The molecule has 126 valence electrons. The van der Waals surface area contributed by atoms with Crippen molar-refractivity contribution >= 4 is 18.0 Å². The van der Waals surface area contributed by atoms with Crippen LogP contribution in [0.4, 0.5) is 0 Å². The topological polar surface area (TPSA) is 65.0 Å². The first-order valence-electron chi connectivity index (χ1n) is 8.02. The summed E-state index contributed by atoms with van der Waals surface area (Å²) in [5, 5.41) is 10.9. The van der Waals surface area contributed by atoms with Gasteiger partial charge in [-0.25, -0.2) is 5.26 Å². The van der Waals surface area contributed by atoms with Crippen LogP contribution in [-0.2, 0) is 18.9 Å². The predicted molar refractivity (Wildman–Crippen MR) is 84.7 cm³/mol. The smallest absolute Gasteiger partial charge is 0.321 e. The van der Waals surface area contributed by atoms with E-state index in [-0.39, 0.29) is 5.97 Å². The summed E-state index contributed by atoms with van der Waals surface area (Å²) < 4.78 is 9.29. The van der Waals surface area contributed by atoms with E-state index in [9.17, 15) is 4.79 Å². The van der Waals surface area contributed by atoms with Gasteiger partial charge >= 0.3 is 5.97 Å². The van der Waals surface area contributed by atoms with Crippen molar-refractivity contribution in [3.05, 3.63) is 0 Å². The van der Waals surface area contributed by atoms with Gasteiger partial charge in [0.25, 0.3) is 0 Å². The minimum absolute atomic E-state index is 0.354. The molecule has 0 aromatic carbocycles. The van der Waals surface area contributed by atoms with Crippen molar-refractivity contribution in [2.24, 2.45) is 0 Å². The Morgan fingerprint density at radius 3 is 2.05 bits per heavy atom. The molecule has 6 heteroatoms. The lowest BCUT2D eigenvalue weighted by atomic mass is 10.1. The van der Waals surface area contributed by atoms with E-state index in [1.54, 1.807) is 6.92 Å².